The predicted molar refractivity (Wildman–Crippen MR) is 124 cm³/mol. The molecule has 0 saturated heterocycles. The lowest BCUT2D eigenvalue weighted by Crippen LogP contribution is -2.08. The van der Waals surface area contributed by atoms with E-state index in [0.717, 1.165) is 96.2 Å². The number of benzene rings is 2. The van der Waals surface area contributed by atoms with Gasteiger partial charge in [-0.15, -0.1) is 0 Å². The highest BCUT2D eigenvalue weighted by Crippen LogP contribution is 2.50. The lowest BCUT2D eigenvalue weighted by Gasteiger charge is -2.19. The van der Waals surface area contributed by atoms with Crippen LogP contribution >= 0.6 is 0 Å². The molecule has 0 aromatic heterocycles. The molecule has 0 atom stereocenters. The Labute approximate surface area is 181 Å². The highest BCUT2D eigenvalue weighted by atomic mass is 16.5. The van der Waals surface area contributed by atoms with E-state index in [-0.39, 0.29) is 5.78 Å². The molecule has 2 aromatic carbocycles. The van der Waals surface area contributed by atoms with E-state index in [0.29, 0.717) is 0 Å². The molecule has 0 bridgehead atoms. The summed E-state index contributed by atoms with van der Waals surface area (Å²) in [5, 5.41) is 0. The highest BCUT2D eigenvalue weighted by molar-refractivity contribution is 6.24. The van der Waals surface area contributed by atoms with Gasteiger partial charge in [-0.3, -0.25) is 4.79 Å². The fourth-order valence-electron chi connectivity index (χ4n) is 5.01. The van der Waals surface area contributed by atoms with Crippen LogP contribution in [0.5, 0.6) is 11.5 Å². The fourth-order valence-corrected chi connectivity index (χ4v) is 5.01. The van der Waals surface area contributed by atoms with Gasteiger partial charge in [0.1, 0.15) is 11.5 Å². The van der Waals surface area contributed by atoms with Gasteiger partial charge in [0, 0.05) is 22.3 Å². The van der Waals surface area contributed by atoms with E-state index in [9.17, 15) is 4.79 Å². The first-order valence-corrected chi connectivity index (χ1v) is 11.6. The van der Waals surface area contributed by atoms with Gasteiger partial charge in [-0.25, -0.2) is 0 Å². The molecule has 0 N–H and O–H groups in total. The van der Waals surface area contributed by atoms with Gasteiger partial charge in [-0.05, 0) is 54.0 Å². The normalized spacial score (nSPS) is 12.1. The first kappa shape index (κ1) is 22.4. The summed E-state index contributed by atoms with van der Waals surface area (Å²) in [5.74, 6) is 1.94. The molecule has 0 heterocycles. The van der Waals surface area contributed by atoms with E-state index >= 15 is 0 Å². The molecular formula is C27H36O3. The number of hydrogen-bond acceptors (Lipinski definition) is 3. The molecule has 3 nitrogen and oxygen atoms in total. The van der Waals surface area contributed by atoms with Gasteiger partial charge in [0.2, 0.25) is 0 Å². The van der Waals surface area contributed by atoms with Crippen LogP contribution in [-0.2, 0) is 25.7 Å². The van der Waals surface area contributed by atoms with Crippen molar-refractivity contribution in [3.8, 4) is 22.6 Å². The predicted octanol–water partition coefficient (Wildman–Crippen LogP) is 6.73. The summed E-state index contributed by atoms with van der Waals surface area (Å²) in [7, 11) is 3.47. The lowest BCUT2D eigenvalue weighted by atomic mass is 9.90. The van der Waals surface area contributed by atoms with Crippen LogP contribution in [0.1, 0.15) is 91.6 Å². The number of ether oxygens (including phenoxy) is 2. The molecule has 0 saturated carbocycles. The van der Waals surface area contributed by atoms with E-state index in [1.165, 1.54) is 11.1 Å². The van der Waals surface area contributed by atoms with E-state index in [1.807, 2.05) is 0 Å². The van der Waals surface area contributed by atoms with Gasteiger partial charge in [0.05, 0.1) is 14.2 Å². The smallest absolute Gasteiger partial charge is 0.195 e. The van der Waals surface area contributed by atoms with Crippen molar-refractivity contribution in [2.24, 2.45) is 0 Å². The average molecular weight is 409 g/mol. The zero-order valence-corrected chi connectivity index (χ0v) is 19.5. The van der Waals surface area contributed by atoms with E-state index in [2.05, 4.69) is 39.8 Å². The SMILES string of the molecule is CCCc1cc2c(c(CCC)c1OC)C(=O)c1c(CCC)cc(CCC)c(OC)c1-2. The van der Waals surface area contributed by atoms with Gasteiger partial charge >= 0.3 is 0 Å². The molecule has 0 unspecified atom stereocenters. The number of methoxy groups -OCH3 is 2. The minimum atomic E-state index is 0.148. The molecule has 0 radical (unpaired) electrons. The molecule has 30 heavy (non-hydrogen) atoms. The third-order valence-corrected chi connectivity index (χ3v) is 6.08. The summed E-state index contributed by atoms with van der Waals surface area (Å²) in [4.78, 5) is 13.8. The van der Waals surface area contributed by atoms with Gasteiger partial charge in [-0.1, -0.05) is 59.4 Å². The largest absolute Gasteiger partial charge is 0.496 e. The molecule has 1 aliphatic rings. The van der Waals surface area contributed by atoms with Crippen LogP contribution in [0.2, 0.25) is 0 Å². The van der Waals surface area contributed by atoms with Gasteiger partial charge in [0.15, 0.2) is 5.78 Å². The Morgan fingerprint density at radius 2 is 1.17 bits per heavy atom. The van der Waals surface area contributed by atoms with Crippen molar-refractivity contribution >= 4 is 5.78 Å². The van der Waals surface area contributed by atoms with Crippen molar-refractivity contribution in [2.75, 3.05) is 14.2 Å². The molecule has 0 fully saturated rings. The number of ketones is 1. The number of rotatable bonds is 10. The number of carbonyl (C=O) groups is 1. The quantitative estimate of drug-likeness (QED) is 0.373. The molecule has 3 rings (SSSR count). The molecule has 1 aliphatic carbocycles. The van der Waals surface area contributed by atoms with Crippen LogP contribution in [-0.4, -0.2) is 20.0 Å². The van der Waals surface area contributed by atoms with Gasteiger partial charge in [0.25, 0.3) is 0 Å². The minimum Gasteiger partial charge on any atom is -0.496 e. The van der Waals surface area contributed by atoms with Gasteiger partial charge < -0.3 is 9.47 Å². The van der Waals surface area contributed by atoms with E-state index < -0.39 is 0 Å². The number of fused-ring (bicyclic) bond motifs is 3. The van der Waals surface area contributed by atoms with Crippen molar-refractivity contribution in [3.05, 3.63) is 45.5 Å². The third kappa shape index (κ3) is 3.64. The van der Waals surface area contributed by atoms with Gasteiger partial charge in [-0.2, -0.15) is 0 Å². The molecule has 0 aliphatic heterocycles. The number of carbonyl (C=O) groups excluding carboxylic acids is 1. The maximum absolute atomic E-state index is 13.8. The second-order valence-corrected chi connectivity index (χ2v) is 8.28. The van der Waals surface area contributed by atoms with Crippen molar-refractivity contribution in [1.29, 1.82) is 0 Å². The lowest BCUT2D eigenvalue weighted by molar-refractivity contribution is 0.104. The fraction of sp³-hybridized carbons (Fsp3) is 0.519. The van der Waals surface area contributed by atoms with Crippen LogP contribution in [0.25, 0.3) is 11.1 Å². The van der Waals surface area contributed by atoms with Crippen LogP contribution in [0, 0.1) is 0 Å². The Kier molecular flexibility index (Phi) is 7.23. The Morgan fingerprint density at radius 3 is 1.70 bits per heavy atom. The van der Waals surface area contributed by atoms with Crippen LogP contribution in [0.15, 0.2) is 12.1 Å². The molecular weight excluding hydrogens is 372 g/mol. The summed E-state index contributed by atoms with van der Waals surface area (Å²) < 4.78 is 11.8. The second-order valence-electron chi connectivity index (χ2n) is 8.28. The first-order chi connectivity index (χ1) is 14.6. The molecule has 3 heteroatoms. The molecule has 2 aromatic rings. The monoisotopic (exact) mass is 408 g/mol. The van der Waals surface area contributed by atoms with Crippen LogP contribution < -0.4 is 9.47 Å². The van der Waals surface area contributed by atoms with Crippen molar-refractivity contribution < 1.29 is 14.3 Å². The Bertz CT molecular complexity index is 940. The Morgan fingerprint density at radius 1 is 0.633 bits per heavy atom. The molecule has 0 amide bonds. The maximum Gasteiger partial charge on any atom is 0.195 e. The summed E-state index contributed by atoms with van der Waals surface area (Å²) in [6, 6.07) is 4.42. The average Bonchev–Trinajstić information content (AvgIpc) is 3.02. The molecule has 0 spiro atoms. The zero-order chi connectivity index (χ0) is 21.8. The highest BCUT2D eigenvalue weighted by Gasteiger charge is 2.37. The third-order valence-electron chi connectivity index (χ3n) is 6.08. The number of aryl methyl sites for hydroxylation is 3. The number of hydrogen-bond donors (Lipinski definition) is 0. The molecule has 162 valence electrons. The van der Waals surface area contributed by atoms with Crippen molar-refractivity contribution in [2.45, 2.75) is 79.1 Å². The maximum atomic E-state index is 13.8. The topological polar surface area (TPSA) is 35.5 Å². The van der Waals surface area contributed by atoms with Crippen LogP contribution in [0.4, 0.5) is 0 Å². The Balaban J connectivity index is 2.42. The van der Waals surface area contributed by atoms with Crippen molar-refractivity contribution in [3.63, 3.8) is 0 Å². The standard InChI is InChI=1S/C27H36O3/c1-7-11-17-15-18(12-8-2)27(30-6)24-21-16-19(13-9-3)26(29-5)20(14-10-4)23(21)25(28)22(17)24/h15-16H,7-14H2,1-6H3. The minimum absolute atomic E-state index is 0.148. The summed E-state index contributed by atoms with van der Waals surface area (Å²) in [6.45, 7) is 8.71. The summed E-state index contributed by atoms with van der Waals surface area (Å²) in [5.41, 5.74) is 8.42. The first-order valence-electron chi connectivity index (χ1n) is 11.6. The van der Waals surface area contributed by atoms with E-state index in [4.69, 9.17) is 9.47 Å². The second kappa shape index (κ2) is 9.68. The summed E-state index contributed by atoms with van der Waals surface area (Å²) in [6.07, 6.45) is 7.72. The summed E-state index contributed by atoms with van der Waals surface area (Å²) >= 11 is 0. The van der Waals surface area contributed by atoms with E-state index in [1.54, 1.807) is 14.2 Å². The Hall–Kier alpha value is -2.29. The zero-order valence-electron chi connectivity index (χ0n) is 19.5. The van der Waals surface area contributed by atoms with Crippen molar-refractivity contribution in [1.82, 2.24) is 0 Å². The van der Waals surface area contributed by atoms with Crippen LogP contribution in [0.3, 0.4) is 0 Å².